The van der Waals surface area contributed by atoms with Gasteiger partial charge in [-0.1, -0.05) is 48.5 Å². The Kier molecular flexibility index (Phi) is 4.07. The van der Waals surface area contributed by atoms with Crippen molar-refractivity contribution in [2.75, 3.05) is 6.54 Å². The van der Waals surface area contributed by atoms with Crippen LogP contribution in [0.5, 0.6) is 0 Å². The Morgan fingerprint density at radius 3 is 2.39 bits per heavy atom. The van der Waals surface area contributed by atoms with Gasteiger partial charge in [0.25, 0.3) is 0 Å². The minimum atomic E-state index is -0.189. The van der Waals surface area contributed by atoms with Crippen LogP contribution in [-0.4, -0.2) is 12.4 Å². The van der Waals surface area contributed by atoms with Gasteiger partial charge in [0.15, 0.2) is 0 Å². The predicted molar refractivity (Wildman–Crippen MR) is 72.1 cm³/mol. The van der Waals surface area contributed by atoms with Crippen molar-refractivity contribution in [1.29, 1.82) is 0 Å². The van der Waals surface area contributed by atoms with Crippen LogP contribution in [0.1, 0.15) is 11.1 Å². The van der Waals surface area contributed by atoms with E-state index < -0.39 is 0 Å². The first kappa shape index (κ1) is 12.3. The smallest absolute Gasteiger partial charge is 0.126 e. The highest BCUT2D eigenvalue weighted by molar-refractivity contribution is 5.97. The van der Waals surface area contributed by atoms with Crippen molar-refractivity contribution in [1.82, 2.24) is 0 Å². The number of amidine groups is 1. The van der Waals surface area contributed by atoms with Crippen molar-refractivity contribution in [2.45, 2.75) is 6.42 Å². The number of hydrogen-bond donors (Lipinski definition) is 1. The van der Waals surface area contributed by atoms with Gasteiger partial charge in [0.2, 0.25) is 0 Å². The van der Waals surface area contributed by atoms with Gasteiger partial charge in [0.1, 0.15) is 11.7 Å². The van der Waals surface area contributed by atoms with Gasteiger partial charge in [0, 0.05) is 12.1 Å². The number of hydrogen-bond acceptors (Lipinski definition) is 1. The van der Waals surface area contributed by atoms with E-state index in [0.29, 0.717) is 24.4 Å². The molecule has 0 aromatic heterocycles. The molecule has 0 radical (unpaired) electrons. The summed E-state index contributed by atoms with van der Waals surface area (Å²) in [4.78, 5) is 4.26. The highest BCUT2D eigenvalue weighted by Crippen LogP contribution is 2.07. The fourth-order valence-electron chi connectivity index (χ4n) is 1.70. The number of benzene rings is 2. The minimum absolute atomic E-state index is 0.189. The van der Waals surface area contributed by atoms with E-state index in [4.69, 9.17) is 5.73 Å². The fraction of sp³-hybridized carbons (Fsp3) is 0.133. The van der Waals surface area contributed by atoms with Crippen LogP contribution in [0, 0.1) is 5.82 Å². The summed E-state index contributed by atoms with van der Waals surface area (Å²) >= 11 is 0. The monoisotopic (exact) mass is 242 g/mol. The van der Waals surface area contributed by atoms with Crippen LogP contribution in [-0.2, 0) is 6.42 Å². The molecule has 0 unspecified atom stereocenters. The molecule has 0 bridgehead atoms. The Morgan fingerprint density at radius 1 is 1.00 bits per heavy atom. The van der Waals surface area contributed by atoms with E-state index >= 15 is 0 Å². The van der Waals surface area contributed by atoms with Crippen LogP contribution in [0.15, 0.2) is 59.6 Å². The molecule has 0 heterocycles. The zero-order valence-corrected chi connectivity index (χ0v) is 10.0. The summed E-state index contributed by atoms with van der Waals surface area (Å²) in [7, 11) is 0. The van der Waals surface area contributed by atoms with E-state index in [1.54, 1.807) is 12.1 Å². The molecule has 0 aliphatic heterocycles. The van der Waals surface area contributed by atoms with Crippen LogP contribution in [0.4, 0.5) is 4.39 Å². The first-order valence-corrected chi connectivity index (χ1v) is 5.86. The summed E-state index contributed by atoms with van der Waals surface area (Å²) in [6.45, 7) is 0.488. The van der Waals surface area contributed by atoms with E-state index in [-0.39, 0.29) is 5.82 Å². The van der Waals surface area contributed by atoms with Gasteiger partial charge in [-0.15, -0.1) is 0 Å². The number of rotatable bonds is 4. The van der Waals surface area contributed by atoms with Gasteiger partial charge < -0.3 is 5.73 Å². The van der Waals surface area contributed by atoms with Gasteiger partial charge >= 0.3 is 0 Å². The predicted octanol–water partition coefficient (Wildman–Crippen LogP) is 2.77. The second kappa shape index (κ2) is 5.96. The Bertz CT molecular complexity index is 535. The molecule has 3 heteroatoms. The molecule has 0 atom stereocenters. The summed E-state index contributed by atoms with van der Waals surface area (Å²) < 4.78 is 13.4. The highest BCUT2D eigenvalue weighted by Gasteiger charge is 2.00. The van der Waals surface area contributed by atoms with Crippen LogP contribution in [0.3, 0.4) is 0 Å². The second-order valence-electron chi connectivity index (χ2n) is 3.97. The van der Waals surface area contributed by atoms with Gasteiger partial charge in [-0.05, 0) is 18.1 Å². The molecular weight excluding hydrogens is 227 g/mol. The SMILES string of the molecule is NC(=NCCc1ccccc1F)c1ccccc1. The fourth-order valence-corrected chi connectivity index (χ4v) is 1.70. The molecule has 0 amide bonds. The van der Waals surface area contributed by atoms with Crippen LogP contribution >= 0.6 is 0 Å². The van der Waals surface area contributed by atoms with Gasteiger partial charge in [-0.2, -0.15) is 0 Å². The van der Waals surface area contributed by atoms with Crippen molar-refractivity contribution in [3.8, 4) is 0 Å². The lowest BCUT2D eigenvalue weighted by Crippen LogP contribution is -2.14. The largest absolute Gasteiger partial charge is 0.384 e. The normalized spacial score (nSPS) is 11.5. The van der Waals surface area contributed by atoms with Crippen LogP contribution in [0.25, 0.3) is 0 Å². The lowest BCUT2D eigenvalue weighted by atomic mass is 10.1. The maximum atomic E-state index is 13.4. The molecule has 0 aliphatic carbocycles. The summed E-state index contributed by atoms with van der Waals surface area (Å²) in [6, 6.07) is 16.3. The van der Waals surface area contributed by atoms with Crippen LogP contribution < -0.4 is 5.73 Å². The van der Waals surface area contributed by atoms with Crippen molar-refractivity contribution >= 4 is 5.84 Å². The van der Waals surface area contributed by atoms with Gasteiger partial charge in [-0.25, -0.2) is 4.39 Å². The van der Waals surface area contributed by atoms with E-state index in [9.17, 15) is 4.39 Å². The lowest BCUT2D eigenvalue weighted by Gasteiger charge is -2.02. The topological polar surface area (TPSA) is 38.4 Å². The molecule has 0 spiro atoms. The first-order chi connectivity index (χ1) is 8.77. The second-order valence-corrected chi connectivity index (χ2v) is 3.97. The number of nitrogens with zero attached hydrogens (tertiary/aromatic N) is 1. The summed E-state index contributed by atoms with van der Waals surface area (Å²) in [5.74, 6) is 0.304. The number of aliphatic imine (C=N–C) groups is 1. The Morgan fingerprint density at radius 2 is 1.67 bits per heavy atom. The Labute approximate surface area is 106 Å². The molecule has 18 heavy (non-hydrogen) atoms. The maximum Gasteiger partial charge on any atom is 0.126 e. The van der Waals surface area contributed by atoms with Gasteiger partial charge in [0.05, 0.1) is 0 Å². The van der Waals surface area contributed by atoms with Gasteiger partial charge in [-0.3, -0.25) is 4.99 Å². The first-order valence-electron chi connectivity index (χ1n) is 5.86. The zero-order chi connectivity index (χ0) is 12.8. The van der Waals surface area contributed by atoms with E-state index in [1.807, 2.05) is 36.4 Å². The molecular formula is C15H15FN2. The third-order valence-corrected chi connectivity index (χ3v) is 2.69. The molecule has 0 saturated carbocycles. The molecule has 2 rings (SSSR count). The molecule has 2 nitrogen and oxygen atoms in total. The molecule has 0 aliphatic rings. The lowest BCUT2D eigenvalue weighted by molar-refractivity contribution is 0.609. The van der Waals surface area contributed by atoms with E-state index in [1.165, 1.54) is 6.07 Å². The maximum absolute atomic E-state index is 13.4. The highest BCUT2D eigenvalue weighted by atomic mass is 19.1. The van der Waals surface area contributed by atoms with Crippen LogP contribution in [0.2, 0.25) is 0 Å². The molecule has 0 saturated heterocycles. The molecule has 2 N–H and O–H groups in total. The average molecular weight is 242 g/mol. The zero-order valence-electron chi connectivity index (χ0n) is 10.0. The average Bonchev–Trinajstić information content (AvgIpc) is 2.42. The minimum Gasteiger partial charge on any atom is -0.384 e. The standard InChI is InChI=1S/C15H15FN2/c16-14-9-5-4-6-12(14)10-11-18-15(17)13-7-2-1-3-8-13/h1-9H,10-11H2,(H2,17,18). The van der Waals surface area contributed by atoms with Crippen molar-refractivity contribution in [3.63, 3.8) is 0 Å². The molecule has 0 fully saturated rings. The summed E-state index contributed by atoms with van der Waals surface area (Å²) in [5, 5.41) is 0. The quantitative estimate of drug-likeness (QED) is 0.649. The third kappa shape index (κ3) is 3.17. The van der Waals surface area contributed by atoms with Crippen molar-refractivity contribution in [2.24, 2.45) is 10.7 Å². The molecule has 2 aromatic carbocycles. The molecule has 2 aromatic rings. The van der Waals surface area contributed by atoms with Crippen molar-refractivity contribution in [3.05, 3.63) is 71.5 Å². The van der Waals surface area contributed by atoms with E-state index in [0.717, 1.165) is 5.56 Å². The summed E-state index contributed by atoms with van der Waals surface area (Å²) in [5.41, 5.74) is 7.42. The Hall–Kier alpha value is -2.16. The van der Waals surface area contributed by atoms with E-state index in [2.05, 4.69) is 4.99 Å². The number of halogens is 1. The third-order valence-electron chi connectivity index (χ3n) is 2.69. The van der Waals surface area contributed by atoms with Crippen molar-refractivity contribution < 1.29 is 4.39 Å². The summed E-state index contributed by atoms with van der Waals surface area (Å²) in [6.07, 6.45) is 0.556. The molecule has 92 valence electrons. The number of nitrogens with two attached hydrogens (primary N) is 1. The Balaban J connectivity index is 1.98.